The molecule has 1 unspecified atom stereocenters. The van der Waals surface area contributed by atoms with Gasteiger partial charge in [-0.05, 0) is 50.7 Å². The maximum Gasteiger partial charge on any atom is 0.573 e. The summed E-state index contributed by atoms with van der Waals surface area (Å²) < 4.78 is 59.8. The molecule has 2 fully saturated rings. The lowest BCUT2D eigenvalue weighted by atomic mass is 10.0. The largest absolute Gasteiger partial charge is 0.573 e. The summed E-state index contributed by atoms with van der Waals surface area (Å²) in [5.41, 5.74) is 1.31. The van der Waals surface area contributed by atoms with Crippen LogP contribution in [0.1, 0.15) is 73.2 Å². The van der Waals surface area contributed by atoms with Crippen LogP contribution in [0.25, 0.3) is 11.3 Å². The third-order valence-corrected chi connectivity index (χ3v) is 7.36. The van der Waals surface area contributed by atoms with E-state index in [0.29, 0.717) is 41.9 Å². The minimum absolute atomic E-state index is 0.150. The fourth-order valence-corrected chi connectivity index (χ4v) is 5.29. The van der Waals surface area contributed by atoms with Crippen LogP contribution in [0, 0.1) is 0 Å². The third kappa shape index (κ3) is 6.22. The molecule has 1 saturated carbocycles. The van der Waals surface area contributed by atoms with E-state index < -0.39 is 12.3 Å². The highest BCUT2D eigenvalue weighted by Crippen LogP contribution is 2.45. The van der Waals surface area contributed by atoms with Crippen molar-refractivity contribution >= 4 is 11.8 Å². The molecule has 2 aliphatic rings. The van der Waals surface area contributed by atoms with Crippen molar-refractivity contribution < 1.29 is 36.7 Å². The van der Waals surface area contributed by atoms with Gasteiger partial charge in [0.15, 0.2) is 5.69 Å². The van der Waals surface area contributed by atoms with Crippen LogP contribution in [-0.4, -0.2) is 53.3 Å². The van der Waals surface area contributed by atoms with E-state index in [1.54, 1.807) is 12.3 Å². The molecule has 5 rings (SSSR count). The number of benzene rings is 1. The van der Waals surface area contributed by atoms with Gasteiger partial charge in [-0.15, -0.1) is 13.2 Å². The Hall–Kier alpha value is -3.67. The second-order valence-electron chi connectivity index (χ2n) is 9.99. The highest BCUT2D eigenvalue weighted by molar-refractivity contribution is 5.86. The first-order chi connectivity index (χ1) is 19.3. The molecule has 0 spiro atoms. The quantitative estimate of drug-likeness (QED) is 0.205. The van der Waals surface area contributed by atoms with E-state index in [4.69, 9.17) is 14.0 Å². The second-order valence-corrected chi connectivity index (χ2v) is 9.99. The number of aromatic nitrogens is 3. The number of para-hydroxylation sites is 1. The van der Waals surface area contributed by atoms with Gasteiger partial charge in [0.1, 0.15) is 23.0 Å². The SMILES string of the molecule is CCC1CC[C@@H](CCOCc2c(-c3ccccc3OC(F)(F)F)noc2C2CC2)N1c1cnc(C(=O)OC)cn1. The molecule has 214 valence electrons. The first kappa shape index (κ1) is 27.9. The Morgan fingerprint density at radius 2 is 1.88 bits per heavy atom. The monoisotopic (exact) mass is 560 g/mol. The summed E-state index contributed by atoms with van der Waals surface area (Å²) in [5.74, 6) is 0.673. The molecule has 1 aliphatic carbocycles. The summed E-state index contributed by atoms with van der Waals surface area (Å²) in [4.78, 5) is 22.7. The average molecular weight is 561 g/mol. The van der Waals surface area contributed by atoms with E-state index >= 15 is 0 Å². The Morgan fingerprint density at radius 1 is 1.10 bits per heavy atom. The molecule has 0 bridgehead atoms. The predicted molar refractivity (Wildman–Crippen MR) is 138 cm³/mol. The van der Waals surface area contributed by atoms with Gasteiger partial charge in [0.25, 0.3) is 0 Å². The van der Waals surface area contributed by atoms with E-state index in [0.717, 1.165) is 32.1 Å². The first-order valence-corrected chi connectivity index (χ1v) is 13.4. The van der Waals surface area contributed by atoms with Gasteiger partial charge < -0.3 is 23.6 Å². The Bertz CT molecular complexity index is 1310. The highest BCUT2D eigenvalue weighted by atomic mass is 19.4. The third-order valence-electron chi connectivity index (χ3n) is 7.36. The van der Waals surface area contributed by atoms with Crippen molar-refractivity contribution in [1.29, 1.82) is 0 Å². The molecular weight excluding hydrogens is 529 g/mol. The van der Waals surface area contributed by atoms with Crippen LogP contribution in [0.2, 0.25) is 0 Å². The zero-order chi connectivity index (χ0) is 28.3. The summed E-state index contributed by atoms with van der Waals surface area (Å²) in [6.07, 6.45) is 3.67. The molecule has 3 heterocycles. The van der Waals surface area contributed by atoms with Gasteiger partial charge in [0.05, 0.1) is 26.1 Å². The minimum atomic E-state index is -4.83. The van der Waals surface area contributed by atoms with E-state index in [9.17, 15) is 18.0 Å². The number of halogens is 3. The number of nitrogens with zero attached hydrogens (tertiary/aromatic N) is 4. The van der Waals surface area contributed by atoms with Gasteiger partial charge in [-0.2, -0.15) is 0 Å². The van der Waals surface area contributed by atoms with Gasteiger partial charge in [0.2, 0.25) is 0 Å². The molecule has 12 heteroatoms. The molecule has 0 N–H and O–H groups in total. The summed E-state index contributed by atoms with van der Waals surface area (Å²) >= 11 is 0. The standard InChI is InChI=1S/C28H31F3N4O5/c1-3-18-10-11-19(35(18)24-15-32-22(14-33-24)27(36)37-2)12-13-38-16-21-25(34-40-26(21)17-8-9-17)20-6-4-5-7-23(20)39-28(29,30)31/h4-7,14-15,17-19H,3,8-13,16H2,1-2H3/t18?,19-/m0/s1. The van der Waals surface area contributed by atoms with Crippen molar-refractivity contribution in [1.82, 2.24) is 15.1 Å². The zero-order valence-electron chi connectivity index (χ0n) is 22.3. The van der Waals surface area contributed by atoms with E-state index in [1.165, 1.54) is 31.5 Å². The van der Waals surface area contributed by atoms with Crippen molar-refractivity contribution in [3.8, 4) is 17.0 Å². The minimum Gasteiger partial charge on any atom is -0.464 e. The molecule has 0 radical (unpaired) electrons. The summed E-state index contributed by atoms with van der Waals surface area (Å²) in [6.45, 7) is 2.70. The number of rotatable bonds is 11. The van der Waals surface area contributed by atoms with Crippen LogP contribution in [0.3, 0.4) is 0 Å². The zero-order valence-corrected chi connectivity index (χ0v) is 22.3. The number of hydrogen-bond donors (Lipinski definition) is 0. The summed E-state index contributed by atoms with van der Waals surface area (Å²) in [7, 11) is 1.30. The Morgan fingerprint density at radius 3 is 2.55 bits per heavy atom. The topological polar surface area (TPSA) is 99.8 Å². The maximum absolute atomic E-state index is 13.0. The fourth-order valence-electron chi connectivity index (χ4n) is 5.29. The summed E-state index contributed by atoms with van der Waals surface area (Å²) in [6, 6.07) is 6.36. The molecule has 0 amide bonds. The van der Waals surface area contributed by atoms with E-state index in [2.05, 4.69) is 31.7 Å². The number of esters is 1. The smallest absolute Gasteiger partial charge is 0.464 e. The summed E-state index contributed by atoms with van der Waals surface area (Å²) in [5, 5.41) is 4.13. The Balaban J connectivity index is 1.28. The Labute approximate surface area is 229 Å². The highest BCUT2D eigenvalue weighted by Gasteiger charge is 2.36. The van der Waals surface area contributed by atoms with Crippen molar-refractivity contribution in [2.75, 3.05) is 18.6 Å². The van der Waals surface area contributed by atoms with Gasteiger partial charge >= 0.3 is 12.3 Å². The number of carbonyl (C=O) groups is 1. The molecule has 1 aliphatic heterocycles. The molecule has 3 aromatic rings. The maximum atomic E-state index is 13.0. The number of methoxy groups -OCH3 is 1. The molecule has 2 atom stereocenters. The fraction of sp³-hybridized carbons (Fsp3) is 0.500. The molecular formula is C28H31F3N4O5. The second kappa shape index (κ2) is 11.8. The van der Waals surface area contributed by atoms with Crippen molar-refractivity contribution in [3.63, 3.8) is 0 Å². The van der Waals surface area contributed by atoms with Crippen LogP contribution in [0.5, 0.6) is 5.75 Å². The van der Waals surface area contributed by atoms with E-state index in [1.807, 2.05) is 0 Å². The van der Waals surface area contributed by atoms with Crippen LogP contribution < -0.4 is 9.64 Å². The number of hydrogen-bond acceptors (Lipinski definition) is 9. The van der Waals surface area contributed by atoms with Crippen molar-refractivity contribution in [3.05, 3.63) is 53.7 Å². The lowest BCUT2D eigenvalue weighted by Crippen LogP contribution is -2.37. The predicted octanol–water partition coefficient (Wildman–Crippen LogP) is 6.05. The van der Waals surface area contributed by atoms with Crippen LogP contribution in [-0.2, 0) is 16.1 Å². The van der Waals surface area contributed by atoms with Gasteiger partial charge in [-0.3, -0.25) is 0 Å². The normalized spacial score (nSPS) is 19.2. The van der Waals surface area contributed by atoms with Crippen molar-refractivity contribution in [2.24, 2.45) is 0 Å². The van der Waals surface area contributed by atoms with Crippen LogP contribution in [0.4, 0.5) is 19.0 Å². The molecule has 1 saturated heterocycles. The van der Waals surface area contributed by atoms with Crippen LogP contribution >= 0.6 is 0 Å². The molecule has 40 heavy (non-hydrogen) atoms. The number of carbonyl (C=O) groups excluding carboxylic acids is 1. The molecule has 9 nitrogen and oxygen atoms in total. The average Bonchev–Trinajstić information content (AvgIpc) is 3.57. The van der Waals surface area contributed by atoms with Gasteiger partial charge in [0, 0.05) is 35.7 Å². The molecule has 2 aromatic heterocycles. The lowest BCUT2D eigenvalue weighted by Gasteiger charge is -2.31. The van der Waals surface area contributed by atoms with Gasteiger partial charge in [-0.25, -0.2) is 14.8 Å². The number of alkyl halides is 3. The first-order valence-electron chi connectivity index (χ1n) is 13.4. The molecule has 1 aromatic carbocycles. The van der Waals surface area contributed by atoms with E-state index in [-0.39, 0.29) is 35.6 Å². The van der Waals surface area contributed by atoms with Gasteiger partial charge in [-0.1, -0.05) is 24.2 Å². The lowest BCUT2D eigenvalue weighted by molar-refractivity contribution is -0.274. The number of anilines is 1. The Kier molecular flexibility index (Phi) is 8.24. The van der Waals surface area contributed by atoms with Crippen molar-refractivity contribution in [2.45, 2.75) is 76.4 Å². The number of ether oxygens (including phenoxy) is 3. The van der Waals surface area contributed by atoms with Crippen LogP contribution in [0.15, 0.2) is 41.2 Å².